The summed E-state index contributed by atoms with van der Waals surface area (Å²) in [7, 11) is 0. The lowest BCUT2D eigenvalue weighted by molar-refractivity contribution is -0.179. The van der Waals surface area contributed by atoms with Crippen LogP contribution in [0.15, 0.2) is 30.3 Å². The van der Waals surface area contributed by atoms with Crippen LogP contribution in [0.1, 0.15) is 52.5 Å². The van der Waals surface area contributed by atoms with Gasteiger partial charge in [-0.15, -0.1) is 0 Å². The summed E-state index contributed by atoms with van der Waals surface area (Å²) < 4.78 is 11.0. The number of rotatable bonds is 9. The molecule has 0 aromatic heterocycles. The minimum absolute atomic E-state index is 0.117. The van der Waals surface area contributed by atoms with Crippen LogP contribution in [-0.4, -0.2) is 34.9 Å². The first-order valence-corrected chi connectivity index (χ1v) is 8.31. The zero-order chi connectivity index (χ0) is 18.2. The zero-order valence-electron chi connectivity index (χ0n) is 15.0. The van der Waals surface area contributed by atoms with Crippen molar-refractivity contribution in [1.29, 1.82) is 0 Å². The van der Waals surface area contributed by atoms with Crippen molar-refractivity contribution in [2.75, 3.05) is 6.61 Å². The van der Waals surface area contributed by atoms with Crippen molar-refractivity contribution >= 4 is 11.9 Å². The van der Waals surface area contributed by atoms with E-state index in [9.17, 15) is 14.7 Å². The smallest absolute Gasteiger partial charge is 0.336 e. The number of esters is 1. The highest BCUT2D eigenvalue weighted by atomic mass is 16.6. The van der Waals surface area contributed by atoms with Crippen molar-refractivity contribution in [2.24, 2.45) is 0 Å². The van der Waals surface area contributed by atoms with Gasteiger partial charge in [-0.3, -0.25) is 4.79 Å². The second-order valence-electron chi connectivity index (χ2n) is 6.93. The molecule has 0 unspecified atom stereocenters. The van der Waals surface area contributed by atoms with Gasteiger partial charge in [-0.2, -0.15) is 0 Å². The maximum absolute atomic E-state index is 12.2. The standard InChI is InChI=1S/C19H28O5/c1-5-6-12-23-19(17(21)22,13-15-10-8-7-9-11-15)14-16(20)24-18(2,3)4/h7-11H,5-6,12-14H2,1-4H3,(H,21,22)/t19-/m1/s1. The molecule has 0 radical (unpaired) electrons. The topological polar surface area (TPSA) is 72.8 Å². The average molecular weight is 336 g/mol. The van der Waals surface area contributed by atoms with Gasteiger partial charge in [0.1, 0.15) is 5.60 Å². The molecular formula is C19H28O5. The SMILES string of the molecule is CCCCO[C@@](CC(=O)OC(C)(C)C)(Cc1ccccc1)C(=O)O. The van der Waals surface area contributed by atoms with Gasteiger partial charge in [0.25, 0.3) is 0 Å². The Kier molecular flexibility index (Phi) is 7.42. The van der Waals surface area contributed by atoms with Gasteiger partial charge in [-0.05, 0) is 32.8 Å². The fourth-order valence-electron chi connectivity index (χ4n) is 2.33. The van der Waals surface area contributed by atoms with E-state index in [2.05, 4.69) is 0 Å². The van der Waals surface area contributed by atoms with E-state index < -0.39 is 23.1 Å². The Labute approximate surface area is 144 Å². The molecule has 0 spiro atoms. The molecule has 0 bridgehead atoms. The van der Waals surface area contributed by atoms with Crippen LogP contribution in [0.2, 0.25) is 0 Å². The summed E-state index contributed by atoms with van der Waals surface area (Å²) in [6.45, 7) is 7.54. The van der Waals surface area contributed by atoms with E-state index in [1.807, 2.05) is 37.3 Å². The van der Waals surface area contributed by atoms with Gasteiger partial charge in [0, 0.05) is 13.0 Å². The molecule has 1 aromatic carbocycles. The molecule has 1 N–H and O–H groups in total. The lowest BCUT2D eigenvalue weighted by Gasteiger charge is -2.30. The molecule has 1 aromatic rings. The van der Waals surface area contributed by atoms with E-state index in [0.29, 0.717) is 6.61 Å². The zero-order valence-corrected chi connectivity index (χ0v) is 15.0. The van der Waals surface area contributed by atoms with E-state index in [1.54, 1.807) is 20.8 Å². The molecule has 5 nitrogen and oxygen atoms in total. The predicted octanol–water partition coefficient (Wildman–Crippen LogP) is 3.60. The molecule has 1 atom stereocenters. The highest BCUT2D eigenvalue weighted by Crippen LogP contribution is 2.25. The van der Waals surface area contributed by atoms with E-state index in [1.165, 1.54) is 0 Å². The number of hydrogen-bond donors (Lipinski definition) is 1. The molecule has 0 amide bonds. The Morgan fingerprint density at radius 1 is 1.12 bits per heavy atom. The van der Waals surface area contributed by atoms with Crippen molar-refractivity contribution in [1.82, 2.24) is 0 Å². The molecule has 1 rings (SSSR count). The van der Waals surface area contributed by atoms with Crippen molar-refractivity contribution in [3.8, 4) is 0 Å². The first-order valence-electron chi connectivity index (χ1n) is 8.31. The van der Waals surface area contributed by atoms with Crippen LogP contribution in [0.5, 0.6) is 0 Å². The minimum Gasteiger partial charge on any atom is -0.479 e. The quantitative estimate of drug-likeness (QED) is 0.551. The number of unbranched alkanes of at least 4 members (excludes halogenated alkanes) is 1. The maximum Gasteiger partial charge on any atom is 0.336 e. The van der Waals surface area contributed by atoms with E-state index in [-0.39, 0.29) is 12.8 Å². The summed E-state index contributed by atoms with van der Waals surface area (Å²) in [5.74, 6) is -1.72. The molecule has 0 aliphatic rings. The molecule has 0 saturated heterocycles. The van der Waals surface area contributed by atoms with Crippen LogP contribution in [0.25, 0.3) is 0 Å². The fourth-order valence-corrected chi connectivity index (χ4v) is 2.33. The molecule has 0 saturated carbocycles. The first-order chi connectivity index (χ1) is 11.2. The van der Waals surface area contributed by atoms with Gasteiger partial charge in [0.05, 0.1) is 6.42 Å². The van der Waals surface area contributed by atoms with Crippen molar-refractivity contribution in [3.05, 3.63) is 35.9 Å². The van der Waals surface area contributed by atoms with Gasteiger partial charge in [0.15, 0.2) is 5.60 Å². The summed E-state index contributed by atoms with van der Waals surface area (Å²) in [6, 6.07) is 9.19. The molecule has 134 valence electrons. The molecule has 5 heteroatoms. The van der Waals surface area contributed by atoms with Crippen molar-refractivity contribution < 1.29 is 24.2 Å². The van der Waals surface area contributed by atoms with E-state index in [4.69, 9.17) is 9.47 Å². The van der Waals surface area contributed by atoms with Gasteiger partial charge in [-0.25, -0.2) is 4.79 Å². The van der Waals surface area contributed by atoms with Gasteiger partial charge in [0.2, 0.25) is 0 Å². The lowest BCUT2D eigenvalue weighted by Crippen LogP contribution is -2.47. The molecule has 0 heterocycles. The summed E-state index contributed by atoms with van der Waals surface area (Å²) in [5, 5.41) is 9.80. The number of carbonyl (C=O) groups excluding carboxylic acids is 1. The Balaban J connectivity index is 3.02. The van der Waals surface area contributed by atoms with Crippen molar-refractivity contribution in [3.63, 3.8) is 0 Å². The number of benzene rings is 1. The number of ether oxygens (including phenoxy) is 2. The monoisotopic (exact) mass is 336 g/mol. The van der Waals surface area contributed by atoms with E-state index in [0.717, 1.165) is 18.4 Å². The average Bonchev–Trinajstić information content (AvgIpc) is 2.46. The maximum atomic E-state index is 12.2. The van der Waals surface area contributed by atoms with Gasteiger partial charge in [-0.1, -0.05) is 43.7 Å². The van der Waals surface area contributed by atoms with Crippen molar-refractivity contribution in [2.45, 2.75) is 64.6 Å². The van der Waals surface area contributed by atoms with Crippen LogP contribution < -0.4 is 0 Å². The number of carboxylic acids is 1. The largest absolute Gasteiger partial charge is 0.479 e. The third-order valence-electron chi connectivity index (χ3n) is 3.45. The number of carboxylic acid groups (broad SMARTS) is 1. The Morgan fingerprint density at radius 3 is 2.25 bits per heavy atom. The Hall–Kier alpha value is -1.88. The molecule has 0 fully saturated rings. The van der Waals surface area contributed by atoms with E-state index >= 15 is 0 Å². The Morgan fingerprint density at radius 2 is 1.75 bits per heavy atom. The minimum atomic E-state index is -1.61. The second kappa shape index (κ2) is 8.83. The summed E-state index contributed by atoms with van der Waals surface area (Å²) in [4.78, 5) is 24.2. The first kappa shape index (κ1) is 20.2. The summed E-state index contributed by atoms with van der Waals surface area (Å²) in [6.07, 6.45) is 1.41. The number of hydrogen-bond acceptors (Lipinski definition) is 4. The third kappa shape index (κ3) is 6.71. The van der Waals surface area contributed by atoms with Gasteiger partial charge < -0.3 is 14.6 Å². The van der Waals surface area contributed by atoms with Gasteiger partial charge >= 0.3 is 11.9 Å². The normalized spacial score (nSPS) is 14.0. The summed E-state index contributed by atoms with van der Waals surface area (Å²) >= 11 is 0. The third-order valence-corrected chi connectivity index (χ3v) is 3.45. The number of carbonyl (C=O) groups is 2. The number of aliphatic carboxylic acids is 1. The molecule has 0 aliphatic carbocycles. The predicted molar refractivity (Wildman–Crippen MR) is 91.8 cm³/mol. The molecule has 24 heavy (non-hydrogen) atoms. The second-order valence-corrected chi connectivity index (χ2v) is 6.93. The summed E-state index contributed by atoms with van der Waals surface area (Å²) in [5.41, 5.74) is -1.48. The lowest BCUT2D eigenvalue weighted by atomic mass is 9.90. The van der Waals surface area contributed by atoms with Crippen LogP contribution in [0.4, 0.5) is 0 Å². The highest BCUT2D eigenvalue weighted by molar-refractivity contribution is 5.85. The Bertz CT molecular complexity index is 532. The molecular weight excluding hydrogens is 308 g/mol. The van der Waals surface area contributed by atoms with Crippen LogP contribution in [-0.2, 0) is 25.5 Å². The highest BCUT2D eigenvalue weighted by Gasteiger charge is 2.43. The van der Waals surface area contributed by atoms with Crippen LogP contribution in [0.3, 0.4) is 0 Å². The molecule has 0 aliphatic heterocycles. The fraction of sp³-hybridized carbons (Fsp3) is 0.579. The van der Waals surface area contributed by atoms with Crippen LogP contribution in [0, 0.1) is 0 Å². The van der Waals surface area contributed by atoms with Crippen LogP contribution >= 0.6 is 0 Å².